The number of anilines is 1. The van der Waals surface area contributed by atoms with E-state index in [0.29, 0.717) is 13.2 Å². The second kappa shape index (κ2) is 8.25. The summed E-state index contributed by atoms with van der Waals surface area (Å²) in [5.41, 5.74) is 6.35. The average molecular weight is 292 g/mol. The number of rotatable bonds is 7. The first-order chi connectivity index (χ1) is 10.2. The van der Waals surface area contributed by atoms with Crippen LogP contribution >= 0.6 is 0 Å². The van der Waals surface area contributed by atoms with Crippen molar-refractivity contribution >= 4 is 5.69 Å². The highest BCUT2D eigenvalue weighted by Crippen LogP contribution is 2.21. The molecule has 0 amide bonds. The summed E-state index contributed by atoms with van der Waals surface area (Å²) < 4.78 is 5.59. The van der Waals surface area contributed by atoms with Gasteiger partial charge < -0.3 is 20.5 Å². The number of piperidine rings is 1. The molecule has 0 spiro atoms. The Morgan fingerprint density at radius 3 is 2.57 bits per heavy atom. The van der Waals surface area contributed by atoms with Crippen molar-refractivity contribution in [3.05, 3.63) is 24.3 Å². The first-order valence-corrected chi connectivity index (χ1v) is 8.06. The van der Waals surface area contributed by atoms with E-state index in [2.05, 4.69) is 11.8 Å². The number of ether oxygens (including phenoxy) is 1. The smallest absolute Gasteiger partial charge is 0.119 e. The maximum absolute atomic E-state index is 10.1. The molecule has 1 aromatic rings. The molecule has 3 N–H and O–H groups in total. The highest BCUT2D eigenvalue weighted by atomic mass is 16.5. The predicted octanol–water partition coefficient (Wildman–Crippen LogP) is 2.52. The minimum Gasteiger partial charge on any atom is -0.491 e. The summed E-state index contributed by atoms with van der Waals surface area (Å²) in [6, 6.07) is 7.27. The number of β-amino-alcohol motifs (C(OH)–C–C–N with tert-alkyl or cyclic N) is 1. The number of benzene rings is 1. The maximum atomic E-state index is 10.1. The van der Waals surface area contributed by atoms with E-state index in [1.54, 1.807) is 12.1 Å². The molecule has 0 aromatic heterocycles. The van der Waals surface area contributed by atoms with Crippen LogP contribution in [0.1, 0.15) is 32.6 Å². The molecule has 0 aliphatic carbocycles. The van der Waals surface area contributed by atoms with Gasteiger partial charge in [-0.3, -0.25) is 0 Å². The van der Waals surface area contributed by atoms with E-state index in [4.69, 9.17) is 10.5 Å². The zero-order chi connectivity index (χ0) is 15.1. The largest absolute Gasteiger partial charge is 0.491 e. The van der Waals surface area contributed by atoms with Crippen molar-refractivity contribution in [2.24, 2.45) is 5.92 Å². The van der Waals surface area contributed by atoms with Crippen LogP contribution in [0.15, 0.2) is 24.3 Å². The van der Waals surface area contributed by atoms with Crippen LogP contribution < -0.4 is 10.5 Å². The minimum atomic E-state index is -0.440. The molecular formula is C17H28N2O2. The first-order valence-electron chi connectivity index (χ1n) is 8.06. The third-order valence-electron chi connectivity index (χ3n) is 4.20. The normalized spacial score (nSPS) is 18.6. The molecule has 1 heterocycles. The molecule has 0 radical (unpaired) electrons. The van der Waals surface area contributed by atoms with E-state index in [-0.39, 0.29) is 0 Å². The van der Waals surface area contributed by atoms with Gasteiger partial charge in [0.2, 0.25) is 0 Å². The van der Waals surface area contributed by atoms with Gasteiger partial charge in [-0.05, 0) is 56.1 Å². The number of aliphatic hydroxyl groups excluding tert-OH is 1. The van der Waals surface area contributed by atoms with Gasteiger partial charge in [-0.2, -0.15) is 0 Å². The Morgan fingerprint density at radius 1 is 1.29 bits per heavy atom. The van der Waals surface area contributed by atoms with Crippen molar-refractivity contribution in [3.8, 4) is 5.75 Å². The summed E-state index contributed by atoms with van der Waals surface area (Å²) in [6.45, 7) is 5.49. The van der Waals surface area contributed by atoms with Crippen LogP contribution in [0.2, 0.25) is 0 Å². The lowest BCUT2D eigenvalue weighted by atomic mass is 9.92. The molecule has 1 unspecified atom stereocenters. The predicted molar refractivity (Wildman–Crippen MR) is 86.4 cm³/mol. The summed E-state index contributed by atoms with van der Waals surface area (Å²) in [6.07, 6.45) is 4.71. The van der Waals surface area contributed by atoms with Crippen LogP contribution in [0.25, 0.3) is 0 Å². The number of nitrogens with two attached hydrogens (primary N) is 1. The van der Waals surface area contributed by atoms with Crippen LogP contribution in [-0.2, 0) is 0 Å². The van der Waals surface area contributed by atoms with Crippen molar-refractivity contribution in [2.45, 2.75) is 38.7 Å². The standard InChI is InChI=1S/C17H28N2O2/c1-2-3-14-8-10-19(11-9-14)12-16(20)13-21-17-6-4-15(18)5-7-17/h4-7,14,16,20H,2-3,8-13,18H2,1H3. The maximum Gasteiger partial charge on any atom is 0.119 e. The van der Waals surface area contributed by atoms with Gasteiger partial charge in [-0.25, -0.2) is 0 Å². The summed E-state index contributed by atoms with van der Waals surface area (Å²) >= 11 is 0. The van der Waals surface area contributed by atoms with E-state index in [9.17, 15) is 5.11 Å². The number of likely N-dealkylation sites (tertiary alicyclic amines) is 1. The number of nitrogen functional groups attached to an aromatic ring is 1. The highest BCUT2D eigenvalue weighted by molar-refractivity contribution is 5.41. The Kier molecular flexibility index (Phi) is 6.33. The lowest BCUT2D eigenvalue weighted by Crippen LogP contribution is -2.40. The van der Waals surface area contributed by atoms with Gasteiger partial charge in [0.15, 0.2) is 0 Å². The number of nitrogens with zero attached hydrogens (tertiary/aromatic N) is 1. The van der Waals surface area contributed by atoms with Gasteiger partial charge in [0.25, 0.3) is 0 Å². The lowest BCUT2D eigenvalue weighted by Gasteiger charge is -2.33. The van der Waals surface area contributed by atoms with Gasteiger partial charge in [0, 0.05) is 12.2 Å². The molecule has 2 rings (SSSR count). The van der Waals surface area contributed by atoms with Crippen molar-refractivity contribution in [3.63, 3.8) is 0 Å². The molecule has 0 saturated carbocycles. The summed E-state index contributed by atoms with van der Waals surface area (Å²) in [5.74, 6) is 1.64. The van der Waals surface area contributed by atoms with E-state index in [0.717, 1.165) is 30.4 Å². The Morgan fingerprint density at radius 2 is 1.95 bits per heavy atom. The third-order valence-corrected chi connectivity index (χ3v) is 4.20. The molecule has 21 heavy (non-hydrogen) atoms. The second-order valence-electron chi connectivity index (χ2n) is 6.07. The number of aliphatic hydroxyl groups is 1. The summed E-state index contributed by atoms with van der Waals surface area (Å²) in [5, 5.41) is 10.1. The van der Waals surface area contributed by atoms with Crippen LogP contribution in [0.3, 0.4) is 0 Å². The van der Waals surface area contributed by atoms with E-state index >= 15 is 0 Å². The quantitative estimate of drug-likeness (QED) is 0.758. The fraction of sp³-hybridized carbons (Fsp3) is 0.647. The molecule has 0 bridgehead atoms. The Labute approximate surface area is 127 Å². The number of hydrogen-bond donors (Lipinski definition) is 2. The molecule has 1 aliphatic heterocycles. The van der Waals surface area contributed by atoms with Crippen molar-refractivity contribution < 1.29 is 9.84 Å². The van der Waals surface area contributed by atoms with E-state index in [1.165, 1.54) is 25.7 Å². The molecule has 118 valence electrons. The van der Waals surface area contributed by atoms with Gasteiger partial charge in [-0.1, -0.05) is 19.8 Å². The fourth-order valence-corrected chi connectivity index (χ4v) is 2.97. The van der Waals surface area contributed by atoms with Gasteiger partial charge >= 0.3 is 0 Å². The Balaban J connectivity index is 1.65. The Bertz CT molecular complexity index is 400. The molecule has 1 fully saturated rings. The van der Waals surface area contributed by atoms with Crippen LogP contribution in [-0.4, -0.2) is 42.4 Å². The molecule has 1 atom stereocenters. The summed E-state index contributed by atoms with van der Waals surface area (Å²) in [7, 11) is 0. The van der Waals surface area contributed by atoms with Gasteiger partial charge in [0.05, 0.1) is 0 Å². The van der Waals surface area contributed by atoms with Gasteiger partial charge in [-0.15, -0.1) is 0 Å². The second-order valence-corrected chi connectivity index (χ2v) is 6.07. The number of hydrogen-bond acceptors (Lipinski definition) is 4. The highest BCUT2D eigenvalue weighted by Gasteiger charge is 2.20. The monoisotopic (exact) mass is 292 g/mol. The molecule has 1 saturated heterocycles. The van der Waals surface area contributed by atoms with Crippen molar-refractivity contribution in [1.29, 1.82) is 0 Å². The van der Waals surface area contributed by atoms with Crippen molar-refractivity contribution in [2.75, 3.05) is 32.0 Å². The third kappa shape index (κ3) is 5.56. The van der Waals surface area contributed by atoms with Crippen LogP contribution in [0, 0.1) is 5.92 Å². The van der Waals surface area contributed by atoms with Crippen molar-refractivity contribution in [1.82, 2.24) is 4.90 Å². The van der Waals surface area contributed by atoms with Gasteiger partial charge in [0.1, 0.15) is 18.5 Å². The lowest BCUT2D eigenvalue weighted by molar-refractivity contribution is 0.0543. The molecular weight excluding hydrogens is 264 g/mol. The Hall–Kier alpha value is -1.26. The average Bonchev–Trinajstić information content (AvgIpc) is 2.49. The SMILES string of the molecule is CCCC1CCN(CC(O)COc2ccc(N)cc2)CC1. The van der Waals surface area contributed by atoms with E-state index < -0.39 is 6.10 Å². The molecule has 1 aliphatic rings. The first kappa shape index (κ1) is 16.1. The van der Waals surface area contributed by atoms with E-state index in [1.807, 2.05) is 12.1 Å². The fourth-order valence-electron chi connectivity index (χ4n) is 2.97. The molecule has 4 nitrogen and oxygen atoms in total. The van der Waals surface area contributed by atoms with Crippen LogP contribution in [0.4, 0.5) is 5.69 Å². The zero-order valence-corrected chi connectivity index (χ0v) is 13.0. The van der Waals surface area contributed by atoms with Crippen LogP contribution in [0.5, 0.6) is 5.75 Å². The molecule has 4 heteroatoms. The molecule has 1 aromatic carbocycles. The minimum absolute atomic E-state index is 0.332. The summed E-state index contributed by atoms with van der Waals surface area (Å²) in [4.78, 5) is 2.35. The topological polar surface area (TPSA) is 58.7 Å². The zero-order valence-electron chi connectivity index (χ0n) is 13.0.